The van der Waals surface area contributed by atoms with Gasteiger partial charge in [-0.3, -0.25) is 0 Å². The minimum Gasteiger partial charge on any atom is -0.453 e. The Morgan fingerprint density at radius 2 is 1.96 bits per heavy atom. The van der Waals surface area contributed by atoms with Gasteiger partial charge >= 0.3 is 5.97 Å². The number of hydrogen-bond donors (Lipinski definition) is 0. The maximum absolute atomic E-state index is 12.6. The molecular weight excluding hydrogens is 328 g/mol. The zero-order valence-corrected chi connectivity index (χ0v) is 16.4. The molecule has 0 N–H and O–H groups in total. The zero-order chi connectivity index (χ0) is 19.1. The van der Waals surface area contributed by atoms with Crippen molar-refractivity contribution < 1.29 is 19.0 Å². The molecule has 144 valence electrons. The molecule has 0 aromatic heterocycles. The molecule has 1 aliphatic heterocycles. The van der Waals surface area contributed by atoms with Crippen LogP contribution in [0, 0.1) is 11.8 Å². The summed E-state index contributed by atoms with van der Waals surface area (Å²) in [5.74, 6) is 0.107. The van der Waals surface area contributed by atoms with Crippen LogP contribution in [0.3, 0.4) is 0 Å². The van der Waals surface area contributed by atoms with E-state index in [9.17, 15) is 4.79 Å². The van der Waals surface area contributed by atoms with E-state index in [1.807, 2.05) is 31.2 Å². The number of carbonyl (C=O) groups excluding carboxylic acids is 1. The summed E-state index contributed by atoms with van der Waals surface area (Å²) < 4.78 is 18.2. The van der Waals surface area contributed by atoms with Crippen LogP contribution in [0.5, 0.6) is 0 Å². The Labute approximate surface area is 157 Å². The van der Waals surface area contributed by atoms with Gasteiger partial charge in [0.2, 0.25) is 0 Å². The van der Waals surface area contributed by atoms with Crippen LogP contribution in [-0.4, -0.2) is 30.6 Å². The molecule has 1 saturated heterocycles. The van der Waals surface area contributed by atoms with Gasteiger partial charge in [0.25, 0.3) is 0 Å². The monoisotopic (exact) mass is 360 g/mol. The minimum absolute atomic E-state index is 0.00837. The fraction of sp³-hybridized carbons (Fsp3) is 0.591. The molecule has 0 radical (unpaired) electrons. The summed E-state index contributed by atoms with van der Waals surface area (Å²) in [6.07, 6.45) is 3.68. The smallest absolute Gasteiger partial charge is 0.338 e. The maximum Gasteiger partial charge on any atom is 0.338 e. The molecule has 1 aromatic carbocycles. The molecule has 0 unspecified atom stereocenters. The predicted octanol–water partition coefficient (Wildman–Crippen LogP) is 4.99. The highest BCUT2D eigenvalue weighted by Gasteiger charge is 2.44. The first-order valence-corrected chi connectivity index (χ1v) is 9.65. The average molecular weight is 360 g/mol. The lowest BCUT2D eigenvalue weighted by molar-refractivity contribution is -0.281. The van der Waals surface area contributed by atoms with Gasteiger partial charge in [-0.15, -0.1) is 6.58 Å². The number of allylic oxidation sites excluding steroid dienone is 1. The van der Waals surface area contributed by atoms with Crippen molar-refractivity contribution in [1.82, 2.24) is 0 Å². The van der Waals surface area contributed by atoms with Crippen molar-refractivity contribution in [3.63, 3.8) is 0 Å². The number of benzene rings is 1. The third-order valence-electron chi connectivity index (χ3n) is 5.31. The van der Waals surface area contributed by atoms with Crippen LogP contribution in [0.1, 0.15) is 57.3 Å². The highest BCUT2D eigenvalue weighted by molar-refractivity contribution is 5.89. The second-order valence-corrected chi connectivity index (χ2v) is 7.22. The summed E-state index contributed by atoms with van der Waals surface area (Å²) >= 11 is 0. The SMILES string of the molecule is C=CCC[C@@H](C)O[C@@H]1O[C@@H](CC)[C@H](C)[C@@H](C)[C@H]1OC(=O)c1ccccc1. The summed E-state index contributed by atoms with van der Waals surface area (Å²) in [4.78, 5) is 12.6. The van der Waals surface area contributed by atoms with Crippen molar-refractivity contribution in [3.8, 4) is 0 Å². The molecule has 4 heteroatoms. The van der Waals surface area contributed by atoms with E-state index in [4.69, 9.17) is 14.2 Å². The van der Waals surface area contributed by atoms with Gasteiger partial charge in [0, 0.05) is 5.92 Å². The lowest BCUT2D eigenvalue weighted by Gasteiger charge is -2.44. The Kier molecular flexibility index (Phi) is 7.85. The largest absolute Gasteiger partial charge is 0.453 e. The molecule has 2 rings (SSSR count). The van der Waals surface area contributed by atoms with Gasteiger partial charge in [-0.05, 0) is 44.2 Å². The normalized spacial score (nSPS) is 29.8. The van der Waals surface area contributed by atoms with Crippen LogP contribution in [-0.2, 0) is 14.2 Å². The third kappa shape index (κ3) is 5.18. The third-order valence-corrected chi connectivity index (χ3v) is 5.31. The van der Waals surface area contributed by atoms with Crippen LogP contribution in [0.25, 0.3) is 0 Å². The summed E-state index contributed by atoms with van der Waals surface area (Å²) in [6.45, 7) is 12.2. The number of carbonyl (C=O) groups is 1. The first kappa shape index (κ1) is 20.7. The van der Waals surface area contributed by atoms with Crippen LogP contribution in [0.4, 0.5) is 0 Å². The van der Waals surface area contributed by atoms with E-state index in [1.165, 1.54) is 0 Å². The van der Waals surface area contributed by atoms with E-state index in [-0.39, 0.29) is 30.0 Å². The van der Waals surface area contributed by atoms with Gasteiger partial charge < -0.3 is 14.2 Å². The Morgan fingerprint density at radius 3 is 2.58 bits per heavy atom. The molecular formula is C22H32O4. The fourth-order valence-corrected chi connectivity index (χ4v) is 3.42. The van der Waals surface area contributed by atoms with Crippen molar-refractivity contribution in [2.45, 2.75) is 71.6 Å². The fourth-order valence-electron chi connectivity index (χ4n) is 3.42. The minimum atomic E-state index is -0.543. The highest BCUT2D eigenvalue weighted by Crippen LogP contribution is 2.35. The van der Waals surface area contributed by atoms with Crippen molar-refractivity contribution in [3.05, 3.63) is 48.6 Å². The Morgan fingerprint density at radius 1 is 1.27 bits per heavy atom. The maximum atomic E-state index is 12.6. The molecule has 26 heavy (non-hydrogen) atoms. The van der Waals surface area contributed by atoms with Crippen molar-refractivity contribution in [2.75, 3.05) is 0 Å². The Bertz CT molecular complexity index is 571. The molecule has 0 spiro atoms. The summed E-state index contributed by atoms with van der Waals surface area (Å²) in [7, 11) is 0. The zero-order valence-electron chi connectivity index (χ0n) is 16.4. The van der Waals surface area contributed by atoms with E-state index < -0.39 is 12.4 Å². The van der Waals surface area contributed by atoms with Crippen LogP contribution >= 0.6 is 0 Å². The predicted molar refractivity (Wildman–Crippen MR) is 103 cm³/mol. The number of esters is 1. The second kappa shape index (κ2) is 9.89. The molecule has 4 nitrogen and oxygen atoms in total. The standard InChI is InChI=1S/C22H32O4/c1-6-8-12-15(3)24-22-20(17(5)16(4)19(7-2)25-22)26-21(23)18-13-10-9-11-14-18/h6,9-11,13-17,19-20,22H,1,7-8,12H2,2-5H3/t15-,16-,17-,19+,20-,22-/m1/s1. The summed E-state index contributed by atoms with van der Waals surface area (Å²) in [5.41, 5.74) is 0.545. The number of rotatable bonds is 8. The van der Waals surface area contributed by atoms with Crippen LogP contribution < -0.4 is 0 Å². The van der Waals surface area contributed by atoms with E-state index in [2.05, 4.69) is 27.4 Å². The number of ether oxygens (including phenoxy) is 3. The molecule has 1 aliphatic rings. The Hall–Kier alpha value is -1.65. The van der Waals surface area contributed by atoms with Crippen molar-refractivity contribution >= 4 is 5.97 Å². The van der Waals surface area contributed by atoms with Gasteiger partial charge in [-0.2, -0.15) is 0 Å². The molecule has 0 aliphatic carbocycles. The lowest BCUT2D eigenvalue weighted by atomic mass is 9.82. The van der Waals surface area contributed by atoms with E-state index >= 15 is 0 Å². The van der Waals surface area contributed by atoms with Gasteiger partial charge in [0.05, 0.1) is 17.8 Å². The second-order valence-electron chi connectivity index (χ2n) is 7.22. The number of hydrogen-bond acceptors (Lipinski definition) is 4. The highest BCUT2D eigenvalue weighted by atomic mass is 16.7. The van der Waals surface area contributed by atoms with Crippen LogP contribution in [0.2, 0.25) is 0 Å². The van der Waals surface area contributed by atoms with Gasteiger partial charge in [0.15, 0.2) is 12.4 Å². The lowest BCUT2D eigenvalue weighted by Crippen LogP contribution is -2.52. The van der Waals surface area contributed by atoms with Crippen LogP contribution in [0.15, 0.2) is 43.0 Å². The van der Waals surface area contributed by atoms with E-state index in [0.29, 0.717) is 5.56 Å². The van der Waals surface area contributed by atoms with Gasteiger partial charge in [-0.25, -0.2) is 4.79 Å². The van der Waals surface area contributed by atoms with E-state index in [1.54, 1.807) is 12.1 Å². The first-order chi connectivity index (χ1) is 12.5. The van der Waals surface area contributed by atoms with Crippen molar-refractivity contribution in [1.29, 1.82) is 0 Å². The average Bonchev–Trinajstić information content (AvgIpc) is 2.66. The van der Waals surface area contributed by atoms with E-state index in [0.717, 1.165) is 19.3 Å². The first-order valence-electron chi connectivity index (χ1n) is 9.65. The molecule has 1 fully saturated rings. The molecule has 6 atom stereocenters. The molecule has 0 saturated carbocycles. The van der Waals surface area contributed by atoms with Crippen molar-refractivity contribution in [2.24, 2.45) is 11.8 Å². The molecule has 0 amide bonds. The van der Waals surface area contributed by atoms with Gasteiger partial charge in [0.1, 0.15) is 0 Å². The van der Waals surface area contributed by atoms with Gasteiger partial charge in [-0.1, -0.05) is 45.0 Å². The summed E-state index contributed by atoms with van der Waals surface area (Å²) in [5, 5.41) is 0. The topological polar surface area (TPSA) is 44.8 Å². The molecule has 1 heterocycles. The summed E-state index contributed by atoms with van der Waals surface area (Å²) in [6, 6.07) is 9.07. The Balaban J connectivity index is 2.13. The molecule has 0 bridgehead atoms. The molecule has 1 aromatic rings. The quantitative estimate of drug-likeness (QED) is 0.484.